The Morgan fingerprint density at radius 1 is 1.19 bits per heavy atom. The Kier molecular flexibility index (Phi) is 4.76. The minimum absolute atomic E-state index is 0.569. The maximum absolute atomic E-state index is 12.0. The number of methoxy groups -OCH3 is 2. The fourth-order valence-corrected chi connectivity index (χ4v) is 3.33. The van der Waals surface area contributed by atoms with E-state index in [-0.39, 0.29) is 0 Å². The molecule has 0 spiro atoms. The first-order valence-electron chi connectivity index (χ1n) is 7.57. The molecular formula is C17H24O4. The number of carboxylic acids is 1. The quantitative estimate of drug-likeness (QED) is 0.901. The molecular weight excluding hydrogens is 268 g/mol. The maximum atomic E-state index is 12.0. The van der Waals surface area contributed by atoms with Crippen molar-refractivity contribution >= 4 is 5.97 Å². The van der Waals surface area contributed by atoms with E-state index in [0.29, 0.717) is 24.3 Å². The molecule has 0 aromatic heterocycles. The first-order valence-corrected chi connectivity index (χ1v) is 7.57. The standard InChI is InChI=1S/C17H24O4/c1-4-12-10-13(15(21-3)14(11-12)20-2)17(16(18)19)8-6-5-7-9-17/h10-11H,4-9H2,1-3H3,(H,18,19). The number of aryl methyl sites for hydroxylation is 1. The molecule has 0 unspecified atom stereocenters. The fourth-order valence-electron chi connectivity index (χ4n) is 3.33. The Bertz CT molecular complexity index is 516. The molecule has 1 aromatic carbocycles. The van der Waals surface area contributed by atoms with E-state index in [1.54, 1.807) is 14.2 Å². The monoisotopic (exact) mass is 292 g/mol. The van der Waals surface area contributed by atoms with Gasteiger partial charge in [-0.3, -0.25) is 4.79 Å². The number of rotatable bonds is 5. The normalized spacial score (nSPS) is 17.3. The summed E-state index contributed by atoms with van der Waals surface area (Å²) in [5, 5.41) is 9.89. The van der Waals surface area contributed by atoms with Gasteiger partial charge in [0.25, 0.3) is 0 Å². The summed E-state index contributed by atoms with van der Waals surface area (Å²) in [6.07, 6.45) is 5.14. The van der Waals surface area contributed by atoms with Gasteiger partial charge in [-0.15, -0.1) is 0 Å². The van der Waals surface area contributed by atoms with Crippen LogP contribution in [0.15, 0.2) is 12.1 Å². The minimum atomic E-state index is -0.845. The van der Waals surface area contributed by atoms with Gasteiger partial charge in [0.15, 0.2) is 11.5 Å². The van der Waals surface area contributed by atoms with Crippen LogP contribution in [0.3, 0.4) is 0 Å². The Balaban J connectivity index is 2.65. The predicted octanol–water partition coefficient (Wildman–Crippen LogP) is 3.55. The number of hydrogen-bond donors (Lipinski definition) is 1. The van der Waals surface area contributed by atoms with Crippen LogP contribution < -0.4 is 9.47 Å². The predicted molar refractivity (Wildman–Crippen MR) is 81.3 cm³/mol. The van der Waals surface area contributed by atoms with Crippen molar-refractivity contribution in [3.05, 3.63) is 23.3 Å². The SMILES string of the molecule is CCc1cc(OC)c(OC)c(C2(C(=O)O)CCCCC2)c1. The second-order valence-electron chi connectivity index (χ2n) is 5.68. The van der Waals surface area contributed by atoms with E-state index in [2.05, 4.69) is 6.92 Å². The first-order chi connectivity index (χ1) is 10.1. The van der Waals surface area contributed by atoms with E-state index in [9.17, 15) is 9.90 Å². The molecule has 0 heterocycles. The third-order valence-corrected chi connectivity index (χ3v) is 4.58. The van der Waals surface area contributed by atoms with Crippen molar-refractivity contribution in [2.24, 2.45) is 0 Å². The lowest BCUT2D eigenvalue weighted by Gasteiger charge is -2.35. The van der Waals surface area contributed by atoms with E-state index in [1.165, 1.54) is 0 Å². The van der Waals surface area contributed by atoms with Gasteiger partial charge in [-0.25, -0.2) is 0 Å². The number of aliphatic carboxylic acids is 1. The van der Waals surface area contributed by atoms with Crippen molar-refractivity contribution in [3.8, 4) is 11.5 Å². The average molecular weight is 292 g/mol. The van der Waals surface area contributed by atoms with Crippen LogP contribution in [0, 0.1) is 0 Å². The van der Waals surface area contributed by atoms with Gasteiger partial charge in [-0.1, -0.05) is 32.3 Å². The molecule has 0 atom stereocenters. The smallest absolute Gasteiger partial charge is 0.314 e. The Morgan fingerprint density at radius 2 is 1.86 bits per heavy atom. The van der Waals surface area contributed by atoms with Crippen molar-refractivity contribution in [1.29, 1.82) is 0 Å². The van der Waals surface area contributed by atoms with Crippen LogP contribution in [-0.4, -0.2) is 25.3 Å². The van der Waals surface area contributed by atoms with Gasteiger partial charge in [0.05, 0.1) is 19.6 Å². The number of hydrogen-bond acceptors (Lipinski definition) is 3. The van der Waals surface area contributed by atoms with Gasteiger partial charge in [0.1, 0.15) is 0 Å². The molecule has 2 rings (SSSR count). The first kappa shape index (κ1) is 15.7. The maximum Gasteiger partial charge on any atom is 0.314 e. The van der Waals surface area contributed by atoms with Crippen LogP contribution in [-0.2, 0) is 16.6 Å². The third kappa shape index (κ3) is 2.71. The molecule has 1 aromatic rings. The second kappa shape index (κ2) is 6.37. The highest BCUT2D eigenvalue weighted by molar-refractivity contribution is 5.83. The number of ether oxygens (including phenoxy) is 2. The fraction of sp³-hybridized carbons (Fsp3) is 0.588. The van der Waals surface area contributed by atoms with Gasteiger partial charge in [-0.2, -0.15) is 0 Å². The van der Waals surface area contributed by atoms with Gasteiger partial charge in [0, 0.05) is 5.56 Å². The molecule has 1 fully saturated rings. The molecule has 0 aliphatic heterocycles. The molecule has 1 saturated carbocycles. The zero-order valence-corrected chi connectivity index (χ0v) is 13.1. The number of benzene rings is 1. The topological polar surface area (TPSA) is 55.8 Å². The van der Waals surface area contributed by atoms with Crippen LogP contribution >= 0.6 is 0 Å². The summed E-state index contributed by atoms with van der Waals surface area (Å²) in [6, 6.07) is 3.92. The highest BCUT2D eigenvalue weighted by Crippen LogP contribution is 2.47. The van der Waals surface area contributed by atoms with Gasteiger partial charge in [0.2, 0.25) is 0 Å². The largest absolute Gasteiger partial charge is 0.493 e. The van der Waals surface area contributed by atoms with Gasteiger partial charge >= 0.3 is 5.97 Å². The molecule has 1 N–H and O–H groups in total. The van der Waals surface area contributed by atoms with Crippen LogP contribution in [0.5, 0.6) is 11.5 Å². The molecule has 0 amide bonds. The Labute approximate surface area is 126 Å². The van der Waals surface area contributed by atoms with Crippen molar-refractivity contribution < 1.29 is 19.4 Å². The number of carbonyl (C=O) groups is 1. The average Bonchev–Trinajstić information content (AvgIpc) is 2.53. The summed E-state index contributed by atoms with van der Waals surface area (Å²) >= 11 is 0. The van der Waals surface area contributed by atoms with E-state index >= 15 is 0 Å². The highest BCUT2D eigenvalue weighted by Gasteiger charge is 2.44. The molecule has 4 heteroatoms. The number of carboxylic acid groups (broad SMARTS) is 1. The van der Waals surface area contributed by atoms with Crippen molar-refractivity contribution in [2.45, 2.75) is 50.9 Å². The zero-order valence-electron chi connectivity index (χ0n) is 13.1. The Hall–Kier alpha value is -1.71. The summed E-state index contributed by atoms with van der Waals surface area (Å²) in [7, 11) is 3.17. The van der Waals surface area contributed by atoms with Crippen molar-refractivity contribution in [1.82, 2.24) is 0 Å². The van der Waals surface area contributed by atoms with Gasteiger partial charge in [-0.05, 0) is 30.9 Å². The molecule has 116 valence electrons. The van der Waals surface area contributed by atoms with Crippen molar-refractivity contribution in [2.75, 3.05) is 14.2 Å². The van der Waals surface area contributed by atoms with E-state index in [0.717, 1.165) is 36.8 Å². The van der Waals surface area contributed by atoms with E-state index in [1.807, 2.05) is 12.1 Å². The molecule has 0 bridgehead atoms. The highest BCUT2D eigenvalue weighted by atomic mass is 16.5. The summed E-state index contributed by atoms with van der Waals surface area (Å²) < 4.78 is 10.9. The minimum Gasteiger partial charge on any atom is -0.493 e. The Morgan fingerprint density at radius 3 is 2.33 bits per heavy atom. The molecule has 1 aliphatic carbocycles. The van der Waals surface area contributed by atoms with Crippen LogP contribution in [0.4, 0.5) is 0 Å². The lowest BCUT2D eigenvalue weighted by molar-refractivity contribution is -0.145. The zero-order chi connectivity index (χ0) is 15.5. The lowest BCUT2D eigenvalue weighted by atomic mass is 9.68. The van der Waals surface area contributed by atoms with Crippen LogP contribution in [0.1, 0.15) is 50.2 Å². The van der Waals surface area contributed by atoms with Crippen molar-refractivity contribution in [3.63, 3.8) is 0 Å². The summed E-state index contributed by atoms with van der Waals surface area (Å²) in [6.45, 7) is 2.05. The summed E-state index contributed by atoms with van der Waals surface area (Å²) in [4.78, 5) is 12.0. The molecule has 0 radical (unpaired) electrons. The molecule has 4 nitrogen and oxygen atoms in total. The van der Waals surface area contributed by atoms with E-state index in [4.69, 9.17) is 9.47 Å². The lowest BCUT2D eigenvalue weighted by Crippen LogP contribution is -2.38. The summed E-state index contributed by atoms with van der Waals surface area (Å²) in [5.41, 5.74) is 1.00. The molecule has 0 saturated heterocycles. The molecule has 1 aliphatic rings. The second-order valence-corrected chi connectivity index (χ2v) is 5.68. The molecule has 21 heavy (non-hydrogen) atoms. The van der Waals surface area contributed by atoms with Crippen LogP contribution in [0.2, 0.25) is 0 Å². The summed E-state index contributed by atoms with van der Waals surface area (Å²) in [5.74, 6) is 0.438. The van der Waals surface area contributed by atoms with Crippen LogP contribution in [0.25, 0.3) is 0 Å². The third-order valence-electron chi connectivity index (χ3n) is 4.58. The van der Waals surface area contributed by atoms with E-state index < -0.39 is 11.4 Å². The van der Waals surface area contributed by atoms with Gasteiger partial charge < -0.3 is 14.6 Å².